The third-order valence-corrected chi connectivity index (χ3v) is 4.95. The number of halogens is 4. The maximum atomic E-state index is 13.4. The van der Waals surface area contributed by atoms with Crippen LogP contribution < -0.4 is 10.0 Å². The second kappa shape index (κ2) is 8.02. The minimum atomic E-state index is -5.03. The van der Waals surface area contributed by atoms with E-state index in [2.05, 4.69) is 5.32 Å². The molecule has 0 saturated carbocycles. The molecule has 1 atom stereocenters. The lowest BCUT2D eigenvalue weighted by molar-refractivity contribution is -0.140. The fourth-order valence-corrected chi connectivity index (χ4v) is 3.43. The zero-order valence-electron chi connectivity index (χ0n) is 13.9. The van der Waals surface area contributed by atoms with Gasteiger partial charge in [0.05, 0.1) is 17.9 Å². The van der Waals surface area contributed by atoms with E-state index in [1.807, 2.05) is 4.72 Å². The SMILES string of the molecule is O=C(O)C(CO)Nc1ccccc1S(=O)(=O)Nc1ccc(F)c(C(F)(F)F)c1. The van der Waals surface area contributed by atoms with Crippen LogP contribution in [0.25, 0.3) is 0 Å². The number of aliphatic hydroxyl groups is 1. The standard InChI is InChI=1S/C16H14F4N2O5S/c17-11-6-5-9(7-10(11)16(18,19)20)22-28(26,27)14-4-2-1-3-12(14)21-13(8-23)15(24)25/h1-7,13,21-23H,8H2,(H,24,25). The van der Waals surface area contributed by atoms with Crippen molar-refractivity contribution >= 4 is 27.4 Å². The van der Waals surface area contributed by atoms with Gasteiger partial charge in [0.25, 0.3) is 10.0 Å². The molecule has 0 saturated heterocycles. The molecule has 28 heavy (non-hydrogen) atoms. The van der Waals surface area contributed by atoms with Crippen LogP contribution in [0, 0.1) is 5.82 Å². The molecule has 0 amide bonds. The number of carbonyl (C=O) groups is 1. The van der Waals surface area contributed by atoms with Crippen LogP contribution in [0.5, 0.6) is 0 Å². The summed E-state index contributed by atoms with van der Waals surface area (Å²) in [6.45, 7) is -0.843. The first-order valence-corrected chi connectivity index (χ1v) is 9.03. The van der Waals surface area contributed by atoms with Crippen LogP contribution in [-0.4, -0.2) is 37.2 Å². The van der Waals surface area contributed by atoms with E-state index in [1.165, 1.54) is 18.2 Å². The van der Waals surface area contributed by atoms with Crippen molar-refractivity contribution in [2.75, 3.05) is 16.6 Å². The van der Waals surface area contributed by atoms with E-state index in [-0.39, 0.29) is 5.69 Å². The van der Waals surface area contributed by atoms with Crippen molar-refractivity contribution in [1.82, 2.24) is 0 Å². The highest BCUT2D eigenvalue weighted by Crippen LogP contribution is 2.34. The summed E-state index contributed by atoms with van der Waals surface area (Å²) in [5.41, 5.74) is -2.39. The molecule has 1 unspecified atom stereocenters. The monoisotopic (exact) mass is 422 g/mol. The van der Waals surface area contributed by atoms with Gasteiger partial charge in [0.2, 0.25) is 0 Å². The Labute approximate surface area is 156 Å². The largest absolute Gasteiger partial charge is 0.480 e. The summed E-state index contributed by atoms with van der Waals surface area (Å²) in [7, 11) is -4.48. The van der Waals surface area contributed by atoms with Gasteiger partial charge in [-0.2, -0.15) is 13.2 Å². The molecule has 0 radical (unpaired) electrons. The molecule has 0 aliphatic heterocycles. The van der Waals surface area contributed by atoms with E-state index in [4.69, 9.17) is 10.2 Å². The van der Waals surface area contributed by atoms with Crippen molar-refractivity contribution in [3.8, 4) is 0 Å². The Kier molecular flexibility index (Phi) is 6.14. The van der Waals surface area contributed by atoms with E-state index in [0.717, 1.165) is 12.1 Å². The van der Waals surface area contributed by atoms with Crippen LogP contribution in [0.1, 0.15) is 5.56 Å². The molecule has 0 aliphatic carbocycles. The van der Waals surface area contributed by atoms with Crippen molar-refractivity contribution in [2.45, 2.75) is 17.1 Å². The Morgan fingerprint density at radius 1 is 1.14 bits per heavy atom. The highest BCUT2D eigenvalue weighted by molar-refractivity contribution is 7.92. The number of carboxylic acids is 1. The number of hydrogen-bond donors (Lipinski definition) is 4. The van der Waals surface area contributed by atoms with Gasteiger partial charge in [-0.05, 0) is 30.3 Å². The average molecular weight is 422 g/mol. The van der Waals surface area contributed by atoms with Crippen LogP contribution in [0.2, 0.25) is 0 Å². The van der Waals surface area contributed by atoms with Gasteiger partial charge in [0.1, 0.15) is 16.8 Å². The number of nitrogens with one attached hydrogen (secondary N) is 2. The average Bonchev–Trinajstić information content (AvgIpc) is 2.60. The molecule has 0 fully saturated rings. The quantitative estimate of drug-likeness (QED) is 0.510. The second-order valence-corrected chi connectivity index (χ2v) is 7.16. The van der Waals surface area contributed by atoms with Gasteiger partial charge in [0, 0.05) is 5.69 Å². The van der Waals surface area contributed by atoms with Gasteiger partial charge in [-0.3, -0.25) is 4.72 Å². The molecular weight excluding hydrogens is 408 g/mol. The number of carboxylic acid groups (broad SMARTS) is 1. The van der Waals surface area contributed by atoms with Crippen molar-refractivity contribution < 1.29 is 41.0 Å². The first-order valence-electron chi connectivity index (χ1n) is 7.54. The van der Waals surface area contributed by atoms with Crippen molar-refractivity contribution in [1.29, 1.82) is 0 Å². The van der Waals surface area contributed by atoms with Crippen LogP contribution in [0.3, 0.4) is 0 Å². The Hall–Kier alpha value is -2.86. The predicted octanol–water partition coefficient (Wildman–Crippen LogP) is 2.50. The lowest BCUT2D eigenvalue weighted by Crippen LogP contribution is -2.33. The first kappa shape index (κ1) is 21.4. The number of sulfonamides is 1. The fourth-order valence-electron chi connectivity index (χ4n) is 2.21. The van der Waals surface area contributed by atoms with Gasteiger partial charge in [0.15, 0.2) is 0 Å². The van der Waals surface area contributed by atoms with Crippen molar-refractivity contribution in [3.63, 3.8) is 0 Å². The van der Waals surface area contributed by atoms with Crippen LogP contribution >= 0.6 is 0 Å². The summed E-state index contributed by atoms with van der Waals surface area (Å²) in [6.07, 6.45) is -5.03. The molecule has 4 N–H and O–H groups in total. The summed E-state index contributed by atoms with van der Waals surface area (Å²) in [5, 5.41) is 20.4. The zero-order valence-corrected chi connectivity index (χ0v) is 14.7. The third kappa shape index (κ3) is 4.89. The molecule has 152 valence electrons. The molecule has 2 aromatic rings. The molecule has 0 aliphatic rings. The van der Waals surface area contributed by atoms with E-state index in [0.29, 0.717) is 12.1 Å². The van der Waals surface area contributed by atoms with Gasteiger partial charge in [-0.25, -0.2) is 17.6 Å². The van der Waals surface area contributed by atoms with Gasteiger partial charge < -0.3 is 15.5 Å². The number of alkyl halides is 3. The molecule has 0 spiro atoms. The van der Waals surface area contributed by atoms with Crippen molar-refractivity contribution in [2.24, 2.45) is 0 Å². The van der Waals surface area contributed by atoms with Gasteiger partial charge >= 0.3 is 12.1 Å². The Balaban J connectivity index is 2.40. The van der Waals surface area contributed by atoms with Crippen LogP contribution in [0.15, 0.2) is 47.4 Å². The molecule has 2 aromatic carbocycles. The molecule has 0 bridgehead atoms. The summed E-state index contributed by atoms with van der Waals surface area (Å²) < 4.78 is 78.8. The molecule has 2 rings (SSSR count). The number of aliphatic carboxylic acids is 1. The van der Waals surface area contributed by atoms with Crippen LogP contribution in [-0.2, 0) is 21.0 Å². The summed E-state index contributed by atoms with van der Waals surface area (Å²) in [6, 6.07) is 5.05. The Bertz CT molecular complexity index is 979. The number of anilines is 2. The minimum Gasteiger partial charge on any atom is -0.480 e. The molecule has 7 nitrogen and oxygen atoms in total. The summed E-state index contributed by atoms with van der Waals surface area (Å²) >= 11 is 0. The van der Waals surface area contributed by atoms with E-state index >= 15 is 0 Å². The Morgan fingerprint density at radius 2 is 1.79 bits per heavy atom. The number of aliphatic hydroxyl groups excluding tert-OH is 1. The maximum absolute atomic E-state index is 13.4. The molecule has 12 heteroatoms. The number of hydrogen-bond acceptors (Lipinski definition) is 5. The van der Waals surface area contributed by atoms with E-state index < -0.39 is 56.8 Å². The molecule has 0 aromatic heterocycles. The highest BCUT2D eigenvalue weighted by Gasteiger charge is 2.34. The topological polar surface area (TPSA) is 116 Å². The lowest BCUT2D eigenvalue weighted by atomic mass is 10.2. The smallest absolute Gasteiger partial charge is 0.419 e. The normalized spacial score (nSPS) is 13.0. The highest BCUT2D eigenvalue weighted by atomic mass is 32.2. The first-order chi connectivity index (χ1) is 13.0. The summed E-state index contributed by atoms with van der Waals surface area (Å²) in [5.74, 6) is -3.01. The van der Waals surface area contributed by atoms with E-state index in [9.17, 15) is 30.8 Å². The van der Waals surface area contributed by atoms with E-state index in [1.54, 1.807) is 0 Å². The fraction of sp³-hybridized carbons (Fsp3) is 0.188. The zero-order chi connectivity index (χ0) is 21.1. The number of rotatable bonds is 7. The molecule has 0 heterocycles. The van der Waals surface area contributed by atoms with Gasteiger partial charge in [-0.1, -0.05) is 12.1 Å². The second-order valence-electron chi connectivity index (χ2n) is 5.51. The molecular formula is C16H14F4N2O5S. The number of benzene rings is 2. The maximum Gasteiger partial charge on any atom is 0.419 e. The Morgan fingerprint density at radius 3 is 2.36 bits per heavy atom. The summed E-state index contributed by atoms with van der Waals surface area (Å²) in [4.78, 5) is 10.5. The predicted molar refractivity (Wildman–Crippen MR) is 90.8 cm³/mol. The minimum absolute atomic E-state index is 0.199. The lowest BCUT2D eigenvalue weighted by Gasteiger charge is -2.17. The van der Waals surface area contributed by atoms with Crippen LogP contribution in [0.4, 0.5) is 28.9 Å². The van der Waals surface area contributed by atoms with Crippen molar-refractivity contribution in [3.05, 3.63) is 53.8 Å². The van der Waals surface area contributed by atoms with Gasteiger partial charge in [-0.15, -0.1) is 0 Å². The number of para-hydroxylation sites is 1. The third-order valence-electron chi connectivity index (χ3n) is 3.51.